The van der Waals surface area contributed by atoms with Gasteiger partial charge in [0.2, 0.25) is 0 Å². The molecule has 0 amide bonds. The van der Waals surface area contributed by atoms with Crippen molar-refractivity contribution in [1.82, 2.24) is 9.88 Å². The van der Waals surface area contributed by atoms with Gasteiger partial charge in [0.25, 0.3) is 5.56 Å². The predicted molar refractivity (Wildman–Crippen MR) is 101 cm³/mol. The largest absolute Gasteiger partial charge is 0.321 e. The van der Waals surface area contributed by atoms with Crippen molar-refractivity contribution in [3.05, 3.63) is 56.4 Å². The highest BCUT2D eigenvalue weighted by molar-refractivity contribution is 5.76. The molecule has 0 bridgehead atoms. The number of likely N-dealkylation sites (tertiary alicyclic amines) is 1. The van der Waals surface area contributed by atoms with Crippen molar-refractivity contribution in [2.24, 2.45) is 0 Å². The number of nitrogens with one attached hydrogen (secondary N) is 1. The zero-order valence-electron chi connectivity index (χ0n) is 14.9. The Kier molecular flexibility index (Phi) is 3.78. The molecule has 1 N–H and O–H groups in total. The number of hydrogen-bond acceptors (Lipinski definition) is 2. The molecule has 2 aromatic rings. The predicted octanol–water partition coefficient (Wildman–Crippen LogP) is 3.81. The van der Waals surface area contributed by atoms with Gasteiger partial charge in [-0.05, 0) is 73.9 Å². The lowest BCUT2D eigenvalue weighted by Crippen LogP contribution is -2.29. The lowest BCUT2D eigenvalue weighted by molar-refractivity contribution is 0.220. The fraction of sp³-hybridized carbons (Fsp3) is 0.500. The van der Waals surface area contributed by atoms with Crippen molar-refractivity contribution in [2.75, 3.05) is 13.1 Å². The van der Waals surface area contributed by atoms with Gasteiger partial charge in [-0.15, -0.1) is 0 Å². The lowest BCUT2D eigenvalue weighted by Gasteiger charge is -2.27. The molecule has 1 fully saturated rings. The van der Waals surface area contributed by atoms with Crippen molar-refractivity contribution in [3.63, 3.8) is 0 Å². The van der Waals surface area contributed by atoms with Gasteiger partial charge in [-0.3, -0.25) is 9.69 Å². The van der Waals surface area contributed by atoms with Crippen LogP contribution in [0.25, 0.3) is 11.3 Å². The van der Waals surface area contributed by atoms with Gasteiger partial charge in [0.1, 0.15) is 0 Å². The van der Waals surface area contributed by atoms with Crippen molar-refractivity contribution in [2.45, 2.75) is 57.9 Å². The first kappa shape index (κ1) is 15.4. The van der Waals surface area contributed by atoms with Gasteiger partial charge in [0.15, 0.2) is 0 Å². The molecule has 130 valence electrons. The van der Waals surface area contributed by atoms with E-state index in [-0.39, 0.29) is 5.56 Å². The number of aromatic nitrogens is 1. The van der Waals surface area contributed by atoms with E-state index in [0.717, 1.165) is 43.5 Å². The zero-order valence-corrected chi connectivity index (χ0v) is 14.9. The average molecular weight is 334 g/mol. The third-order valence-electron chi connectivity index (χ3n) is 6.39. The maximum absolute atomic E-state index is 12.6. The van der Waals surface area contributed by atoms with E-state index in [4.69, 9.17) is 0 Å². The Morgan fingerprint density at radius 1 is 0.880 bits per heavy atom. The van der Waals surface area contributed by atoms with Crippen molar-refractivity contribution >= 4 is 0 Å². The molecule has 2 heterocycles. The second-order valence-corrected chi connectivity index (χ2v) is 7.93. The maximum atomic E-state index is 12.6. The first-order valence-corrected chi connectivity index (χ1v) is 9.91. The summed E-state index contributed by atoms with van der Waals surface area (Å²) in [7, 11) is 0. The van der Waals surface area contributed by atoms with Crippen LogP contribution in [0.5, 0.6) is 0 Å². The van der Waals surface area contributed by atoms with Gasteiger partial charge in [-0.2, -0.15) is 0 Å². The van der Waals surface area contributed by atoms with E-state index < -0.39 is 0 Å². The smallest absolute Gasteiger partial charge is 0.251 e. The molecule has 0 saturated carbocycles. The third kappa shape index (κ3) is 2.56. The Bertz CT molecular complexity index is 874. The highest BCUT2D eigenvalue weighted by Crippen LogP contribution is 2.40. The number of benzene rings is 1. The van der Waals surface area contributed by atoms with Crippen molar-refractivity contribution in [3.8, 4) is 11.3 Å². The molecule has 1 aromatic carbocycles. The van der Waals surface area contributed by atoms with Crippen LogP contribution in [0.15, 0.2) is 23.0 Å². The quantitative estimate of drug-likeness (QED) is 0.773. The minimum absolute atomic E-state index is 0.155. The van der Waals surface area contributed by atoms with Crippen LogP contribution in [-0.2, 0) is 25.8 Å². The van der Waals surface area contributed by atoms with Gasteiger partial charge in [-0.25, -0.2) is 0 Å². The molecule has 3 heteroatoms. The van der Waals surface area contributed by atoms with E-state index in [1.54, 1.807) is 0 Å². The van der Waals surface area contributed by atoms with E-state index in [1.165, 1.54) is 66.6 Å². The second-order valence-electron chi connectivity index (χ2n) is 7.93. The van der Waals surface area contributed by atoms with Crippen LogP contribution in [0.2, 0.25) is 0 Å². The Morgan fingerprint density at radius 2 is 1.68 bits per heavy atom. The highest BCUT2D eigenvalue weighted by Gasteiger charge is 2.28. The molecule has 0 atom stereocenters. The molecule has 3 aliphatic rings. The summed E-state index contributed by atoms with van der Waals surface area (Å²) in [6.07, 6.45) is 9.45. The summed E-state index contributed by atoms with van der Waals surface area (Å²) in [5, 5.41) is 0. The summed E-state index contributed by atoms with van der Waals surface area (Å²) in [5.74, 6) is 0. The summed E-state index contributed by atoms with van der Waals surface area (Å²) >= 11 is 0. The van der Waals surface area contributed by atoms with Gasteiger partial charge in [0.05, 0.1) is 5.69 Å². The molecular formula is C22H26N2O. The first-order valence-electron chi connectivity index (χ1n) is 9.91. The van der Waals surface area contributed by atoms with Gasteiger partial charge < -0.3 is 4.98 Å². The standard InChI is InChI=1S/C22H26N2O/c25-22-18-9-3-2-8-16(18)20-13-19-15(14-24-11-4-1-5-12-24)7-6-10-17(19)21(20)23-22/h6-7,10H,1-5,8-9,11-14H2,(H,23,25). The molecular weight excluding hydrogens is 308 g/mol. The van der Waals surface area contributed by atoms with Crippen LogP contribution < -0.4 is 5.56 Å². The monoisotopic (exact) mass is 334 g/mol. The summed E-state index contributed by atoms with van der Waals surface area (Å²) < 4.78 is 0. The first-order chi connectivity index (χ1) is 12.3. The van der Waals surface area contributed by atoms with Crippen LogP contribution in [0.4, 0.5) is 0 Å². The minimum Gasteiger partial charge on any atom is -0.321 e. The third-order valence-corrected chi connectivity index (χ3v) is 6.39. The topological polar surface area (TPSA) is 36.1 Å². The van der Waals surface area contributed by atoms with Crippen molar-refractivity contribution < 1.29 is 0 Å². The molecule has 25 heavy (non-hydrogen) atoms. The Balaban J connectivity index is 1.56. The Labute approximate surface area is 149 Å². The van der Waals surface area contributed by atoms with Crippen LogP contribution in [0.1, 0.15) is 59.9 Å². The second kappa shape index (κ2) is 6.14. The van der Waals surface area contributed by atoms with Gasteiger partial charge in [-0.1, -0.05) is 24.6 Å². The summed E-state index contributed by atoms with van der Waals surface area (Å²) in [6, 6.07) is 6.67. The van der Waals surface area contributed by atoms with E-state index in [1.807, 2.05) is 0 Å². The lowest BCUT2D eigenvalue weighted by atomic mass is 9.88. The number of pyridine rings is 1. The number of H-pyrrole nitrogens is 1. The van der Waals surface area contributed by atoms with Crippen LogP contribution in [0.3, 0.4) is 0 Å². The SMILES string of the molecule is O=c1[nH]c2c(c3c1CCCC3)Cc1c(CN3CCCCC3)cccc1-2. The summed E-state index contributed by atoms with van der Waals surface area (Å²) in [4.78, 5) is 18.4. The average Bonchev–Trinajstić information content (AvgIpc) is 3.03. The number of rotatable bonds is 2. The van der Waals surface area contributed by atoms with E-state index >= 15 is 0 Å². The fourth-order valence-corrected chi connectivity index (χ4v) is 5.09. The van der Waals surface area contributed by atoms with Gasteiger partial charge in [0, 0.05) is 24.1 Å². The molecule has 3 nitrogen and oxygen atoms in total. The number of fused-ring (bicyclic) bond motifs is 5. The van der Waals surface area contributed by atoms with E-state index in [9.17, 15) is 4.79 Å². The fourth-order valence-electron chi connectivity index (χ4n) is 5.09. The van der Waals surface area contributed by atoms with Crippen LogP contribution in [0, 0.1) is 0 Å². The molecule has 1 aliphatic heterocycles. The molecule has 0 unspecified atom stereocenters. The molecule has 1 saturated heterocycles. The number of hydrogen-bond donors (Lipinski definition) is 1. The molecule has 0 spiro atoms. The minimum atomic E-state index is 0.155. The number of piperidine rings is 1. The molecule has 1 aromatic heterocycles. The molecule has 5 rings (SSSR count). The Hall–Kier alpha value is -1.87. The van der Waals surface area contributed by atoms with Gasteiger partial charge >= 0.3 is 0 Å². The summed E-state index contributed by atoms with van der Waals surface area (Å²) in [6.45, 7) is 3.51. The van der Waals surface area contributed by atoms with Crippen LogP contribution in [-0.4, -0.2) is 23.0 Å². The maximum Gasteiger partial charge on any atom is 0.251 e. The van der Waals surface area contributed by atoms with E-state index in [2.05, 4.69) is 28.1 Å². The van der Waals surface area contributed by atoms with Crippen LogP contribution >= 0.6 is 0 Å². The summed E-state index contributed by atoms with van der Waals surface area (Å²) in [5.41, 5.74) is 9.30. The Morgan fingerprint density at radius 3 is 2.52 bits per heavy atom. The number of aromatic amines is 1. The number of nitrogens with zero attached hydrogens (tertiary/aromatic N) is 1. The van der Waals surface area contributed by atoms with E-state index in [0.29, 0.717) is 0 Å². The molecule has 0 radical (unpaired) electrons. The zero-order chi connectivity index (χ0) is 16.8. The highest BCUT2D eigenvalue weighted by atomic mass is 16.1. The van der Waals surface area contributed by atoms with Crippen molar-refractivity contribution in [1.29, 1.82) is 0 Å². The normalized spacial score (nSPS) is 19.4. The molecule has 2 aliphatic carbocycles.